The lowest BCUT2D eigenvalue weighted by Gasteiger charge is -2.07. The molecule has 0 saturated carbocycles. The summed E-state index contributed by atoms with van der Waals surface area (Å²) in [7, 11) is 0. The van der Waals surface area contributed by atoms with E-state index in [2.05, 4.69) is 5.32 Å². The number of hydrogen-bond donors (Lipinski definition) is 2. The second kappa shape index (κ2) is 6.39. The summed E-state index contributed by atoms with van der Waals surface area (Å²) in [5, 5.41) is 11.4. The minimum absolute atomic E-state index is 0.00664. The molecule has 0 radical (unpaired) electrons. The maximum Gasteiger partial charge on any atom is 0.339 e. The van der Waals surface area contributed by atoms with Gasteiger partial charge in [-0.15, -0.1) is 0 Å². The van der Waals surface area contributed by atoms with Gasteiger partial charge < -0.3 is 15.2 Å². The average molecular weight is 251 g/mol. The van der Waals surface area contributed by atoms with Crippen molar-refractivity contribution in [2.45, 2.75) is 6.92 Å². The Kier molecular flexibility index (Phi) is 4.86. The highest BCUT2D eigenvalue weighted by Gasteiger charge is 2.16. The van der Waals surface area contributed by atoms with E-state index >= 15 is 0 Å². The molecule has 0 bridgehead atoms. The van der Waals surface area contributed by atoms with E-state index in [1.807, 2.05) is 0 Å². The summed E-state index contributed by atoms with van der Waals surface area (Å²) in [6, 6.07) is 5.78. The van der Waals surface area contributed by atoms with Crippen LogP contribution in [-0.2, 0) is 9.53 Å². The summed E-state index contributed by atoms with van der Waals surface area (Å²) in [5.74, 6) is -2.14. The maximum atomic E-state index is 11.6. The summed E-state index contributed by atoms with van der Waals surface area (Å²) >= 11 is 0. The number of ether oxygens (including phenoxy) is 1. The van der Waals surface area contributed by atoms with Crippen LogP contribution in [0.1, 0.15) is 27.6 Å². The summed E-state index contributed by atoms with van der Waals surface area (Å²) in [6.45, 7) is 1.53. The quantitative estimate of drug-likeness (QED) is 0.593. The first-order valence-electron chi connectivity index (χ1n) is 5.26. The van der Waals surface area contributed by atoms with E-state index in [9.17, 15) is 14.4 Å². The van der Waals surface area contributed by atoms with E-state index in [0.29, 0.717) is 0 Å². The Balaban J connectivity index is 2.61. The van der Waals surface area contributed by atoms with E-state index < -0.39 is 11.9 Å². The van der Waals surface area contributed by atoms with Gasteiger partial charge in [0, 0.05) is 6.92 Å². The van der Waals surface area contributed by atoms with Gasteiger partial charge in [0.05, 0.1) is 17.7 Å². The van der Waals surface area contributed by atoms with Crippen LogP contribution < -0.4 is 5.32 Å². The lowest BCUT2D eigenvalue weighted by atomic mass is 10.1. The number of carboxylic acids is 1. The van der Waals surface area contributed by atoms with Crippen LogP contribution in [0, 0.1) is 0 Å². The zero-order chi connectivity index (χ0) is 13.5. The molecule has 0 aliphatic heterocycles. The molecule has 0 heterocycles. The molecule has 0 aliphatic carbocycles. The number of amides is 1. The normalized spacial score (nSPS) is 9.61. The van der Waals surface area contributed by atoms with Gasteiger partial charge in [0.15, 0.2) is 0 Å². The smallest absolute Gasteiger partial charge is 0.339 e. The third-order valence-corrected chi connectivity index (χ3v) is 2.09. The number of hydrogen-bond acceptors (Lipinski definition) is 4. The van der Waals surface area contributed by atoms with E-state index in [1.54, 1.807) is 6.07 Å². The van der Waals surface area contributed by atoms with Crippen molar-refractivity contribution in [1.29, 1.82) is 0 Å². The van der Waals surface area contributed by atoms with Gasteiger partial charge in [-0.25, -0.2) is 9.59 Å². The van der Waals surface area contributed by atoms with E-state index in [1.165, 1.54) is 25.1 Å². The van der Waals surface area contributed by atoms with Crippen molar-refractivity contribution in [3.05, 3.63) is 35.4 Å². The fourth-order valence-corrected chi connectivity index (χ4v) is 1.30. The first-order chi connectivity index (χ1) is 8.52. The topological polar surface area (TPSA) is 92.7 Å². The first-order valence-corrected chi connectivity index (χ1v) is 5.26. The number of esters is 1. The van der Waals surface area contributed by atoms with Crippen molar-refractivity contribution < 1.29 is 24.2 Å². The third kappa shape index (κ3) is 3.89. The van der Waals surface area contributed by atoms with Crippen molar-refractivity contribution in [3.8, 4) is 0 Å². The molecule has 0 aliphatic rings. The molecule has 18 heavy (non-hydrogen) atoms. The number of carboxylic acid groups (broad SMARTS) is 1. The lowest BCUT2D eigenvalue weighted by Crippen LogP contribution is -2.25. The minimum Gasteiger partial charge on any atom is -0.478 e. The van der Waals surface area contributed by atoms with Gasteiger partial charge in [-0.05, 0) is 12.1 Å². The molecular formula is C12H13NO5. The zero-order valence-corrected chi connectivity index (χ0v) is 9.80. The molecule has 6 heteroatoms. The molecule has 0 saturated heterocycles. The first kappa shape index (κ1) is 13.7. The molecule has 0 unspecified atom stereocenters. The number of nitrogens with one attached hydrogen (secondary N) is 1. The SMILES string of the molecule is CC(=O)NCCOC(=O)c1ccccc1C(=O)O. The standard InChI is InChI=1S/C12H13NO5/c1-8(14)13-6-7-18-12(17)10-5-3-2-4-9(10)11(15)16/h2-5H,6-7H2,1H3,(H,13,14)(H,15,16). The van der Waals surface area contributed by atoms with Crippen LogP contribution >= 0.6 is 0 Å². The van der Waals surface area contributed by atoms with Gasteiger partial charge in [-0.2, -0.15) is 0 Å². The molecule has 1 aromatic carbocycles. The van der Waals surface area contributed by atoms with Gasteiger partial charge in [-0.1, -0.05) is 12.1 Å². The Hall–Kier alpha value is -2.37. The van der Waals surface area contributed by atoms with E-state index in [-0.39, 0.29) is 30.2 Å². The number of benzene rings is 1. The molecule has 1 amide bonds. The van der Waals surface area contributed by atoms with Crippen LogP contribution in [-0.4, -0.2) is 36.1 Å². The fraction of sp³-hybridized carbons (Fsp3) is 0.250. The second-order valence-corrected chi connectivity index (χ2v) is 3.47. The number of carbonyl (C=O) groups excluding carboxylic acids is 2. The Morgan fingerprint density at radius 1 is 1.22 bits per heavy atom. The van der Waals surface area contributed by atoms with Crippen LogP contribution in [0.4, 0.5) is 0 Å². The maximum absolute atomic E-state index is 11.6. The second-order valence-electron chi connectivity index (χ2n) is 3.47. The van der Waals surface area contributed by atoms with Gasteiger partial charge >= 0.3 is 11.9 Å². The predicted molar refractivity (Wildman–Crippen MR) is 62.4 cm³/mol. The molecule has 1 rings (SSSR count). The lowest BCUT2D eigenvalue weighted by molar-refractivity contribution is -0.119. The highest BCUT2D eigenvalue weighted by Crippen LogP contribution is 2.10. The highest BCUT2D eigenvalue weighted by atomic mass is 16.5. The Labute approximate surface area is 104 Å². The van der Waals surface area contributed by atoms with Crippen LogP contribution in [0.15, 0.2) is 24.3 Å². The molecule has 0 atom stereocenters. The van der Waals surface area contributed by atoms with Crippen molar-refractivity contribution in [3.63, 3.8) is 0 Å². The zero-order valence-electron chi connectivity index (χ0n) is 9.80. The number of rotatable bonds is 5. The van der Waals surface area contributed by atoms with Gasteiger partial charge in [0.25, 0.3) is 0 Å². The number of carbonyl (C=O) groups is 3. The average Bonchev–Trinajstić information content (AvgIpc) is 2.34. The molecule has 2 N–H and O–H groups in total. The molecule has 1 aromatic rings. The Morgan fingerprint density at radius 2 is 1.83 bits per heavy atom. The molecule has 0 aromatic heterocycles. The Morgan fingerprint density at radius 3 is 2.39 bits per heavy atom. The van der Waals surface area contributed by atoms with Crippen LogP contribution in [0.25, 0.3) is 0 Å². The van der Waals surface area contributed by atoms with E-state index in [4.69, 9.17) is 9.84 Å². The van der Waals surface area contributed by atoms with Crippen molar-refractivity contribution in [2.75, 3.05) is 13.2 Å². The molecule has 0 spiro atoms. The van der Waals surface area contributed by atoms with E-state index in [0.717, 1.165) is 0 Å². The largest absolute Gasteiger partial charge is 0.478 e. The number of aromatic carboxylic acids is 1. The monoisotopic (exact) mass is 251 g/mol. The van der Waals surface area contributed by atoms with Crippen LogP contribution in [0.3, 0.4) is 0 Å². The summed E-state index contributed by atoms with van der Waals surface area (Å²) in [6.07, 6.45) is 0. The predicted octanol–water partition coefficient (Wildman–Crippen LogP) is 0.678. The molecule has 6 nitrogen and oxygen atoms in total. The van der Waals surface area contributed by atoms with Crippen molar-refractivity contribution in [2.24, 2.45) is 0 Å². The molecule has 0 fully saturated rings. The molecular weight excluding hydrogens is 238 g/mol. The van der Waals surface area contributed by atoms with Crippen molar-refractivity contribution >= 4 is 17.8 Å². The van der Waals surface area contributed by atoms with Gasteiger partial charge in [-0.3, -0.25) is 4.79 Å². The van der Waals surface area contributed by atoms with Crippen LogP contribution in [0.2, 0.25) is 0 Å². The summed E-state index contributed by atoms with van der Waals surface area (Å²) in [4.78, 5) is 33.1. The minimum atomic E-state index is -1.19. The summed E-state index contributed by atoms with van der Waals surface area (Å²) < 4.78 is 4.85. The van der Waals surface area contributed by atoms with Crippen molar-refractivity contribution in [1.82, 2.24) is 5.32 Å². The summed E-state index contributed by atoms with van der Waals surface area (Å²) in [5.41, 5.74) is -0.116. The Bertz CT molecular complexity index is 469. The van der Waals surface area contributed by atoms with Crippen LogP contribution in [0.5, 0.6) is 0 Å². The third-order valence-electron chi connectivity index (χ3n) is 2.09. The highest BCUT2D eigenvalue weighted by molar-refractivity contribution is 6.02. The fourth-order valence-electron chi connectivity index (χ4n) is 1.30. The van der Waals surface area contributed by atoms with Gasteiger partial charge in [0.2, 0.25) is 5.91 Å². The molecule has 96 valence electrons. The van der Waals surface area contributed by atoms with Gasteiger partial charge in [0.1, 0.15) is 6.61 Å².